The van der Waals surface area contributed by atoms with Gasteiger partial charge >= 0.3 is 0 Å². The molecule has 0 aromatic rings. The van der Waals surface area contributed by atoms with E-state index in [-0.39, 0.29) is 12.0 Å². The van der Waals surface area contributed by atoms with Gasteiger partial charge < -0.3 is 15.8 Å². The topological polar surface area (TPSA) is 64.3 Å². The van der Waals surface area contributed by atoms with Crippen LogP contribution in [0.3, 0.4) is 0 Å². The quantitative estimate of drug-likeness (QED) is 0.629. The predicted molar refractivity (Wildman–Crippen MR) is 75.3 cm³/mol. The minimum atomic E-state index is 0.0869. The lowest BCUT2D eigenvalue weighted by molar-refractivity contribution is -0.122. The Kier molecular flexibility index (Phi) is 9.98. The van der Waals surface area contributed by atoms with Gasteiger partial charge in [0.05, 0.1) is 6.10 Å². The maximum atomic E-state index is 11.7. The summed E-state index contributed by atoms with van der Waals surface area (Å²) in [6, 6.07) is 0. The molecule has 0 spiro atoms. The van der Waals surface area contributed by atoms with Crippen LogP contribution in [-0.2, 0) is 9.53 Å². The van der Waals surface area contributed by atoms with Gasteiger partial charge in [-0.3, -0.25) is 4.79 Å². The Morgan fingerprint density at radius 3 is 2.44 bits per heavy atom. The monoisotopic (exact) mass is 258 g/mol. The fourth-order valence-corrected chi connectivity index (χ4v) is 2.03. The van der Waals surface area contributed by atoms with Crippen molar-refractivity contribution in [3.8, 4) is 0 Å². The van der Waals surface area contributed by atoms with Crippen molar-refractivity contribution in [3.05, 3.63) is 0 Å². The molecule has 4 nitrogen and oxygen atoms in total. The third-order valence-electron chi connectivity index (χ3n) is 3.26. The van der Waals surface area contributed by atoms with E-state index >= 15 is 0 Å². The Bertz CT molecular complexity index is 220. The smallest absolute Gasteiger partial charge is 0.220 e. The normalized spacial score (nSPS) is 14.6. The molecule has 2 atom stereocenters. The van der Waals surface area contributed by atoms with Gasteiger partial charge in [-0.05, 0) is 45.1 Å². The van der Waals surface area contributed by atoms with Crippen LogP contribution in [0.25, 0.3) is 0 Å². The number of carbonyl (C=O) groups excluding carboxylic acids is 1. The molecule has 0 aromatic heterocycles. The summed E-state index contributed by atoms with van der Waals surface area (Å²) in [5.41, 5.74) is 5.59. The van der Waals surface area contributed by atoms with Crippen LogP contribution in [-0.4, -0.2) is 31.7 Å². The van der Waals surface area contributed by atoms with E-state index in [0.29, 0.717) is 38.0 Å². The molecular formula is C14H30N2O2. The Morgan fingerprint density at radius 1 is 1.28 bits per heavy atom. The largest absolute Gasteiger partial charge is 0.377 e. The van der Waals surface area contributed by atoms with Crippen LogP contribution in [0.15, 0.2) is 0 Å². The zero-order chi connectivity index (χ0) is 14.0. The first-order valence-electron chi connectivity index (χ1n) is 7.09. The predicted octanol–water partition coefficient (Wildman–Crippen LogP) is 1.93. The van der Waals surface area contributed by atoms with E-state index in [1.807, 2.05) is 13.8 Å². The van der Waals surface area contributed by atoms with E-state index in [4.69, 9.17) is 10.5 Å². The molecule has 1 amide bonds. The molecule has 0 rings (SSSR count). The van der Waals surface area contributed by atoms with Gasteiger partial charge in [-0.1, -0.05) is 13.8 Å². The van der Waals surface area contributed by atoms with E-state index in [2.05, 4.69) is 19.2 Å². The lowest BCUT2D eigenvalue weighted by atomic mass is 9.88. The highest BCUT2D eigenvalue weighted by molar-refractivity contribution is 5.75. The summed E-state index contributed by atoms with van der Waals surface area (Å²) >= 11 is 0. The fourth-order valence-electron chi connectivity index (χ4n) is 2.03. The van der Waals surface area contributed by atoms with E-state index in [1.165, 1.54) is 0 Å². The van der Waals surface area contributed by atoms with Crippen LogP contribution >= 0.6 is 0 Å². The molecule has 0 heterocycles. The second-order valence-corrected chi connectivity index (χ2v) is 5.19. The van der Waals surface area contributed by atoms with Gasteiger partial charge in [0.25, 0.3) is 0 Å². The molecule has 108 valence electrons. The third kappa shape index (κ3) is 8.48. The van der Waals surface area contributed by atoms with Crippen LogP contribution in [0.5, 0.6) is 0 Å². The molecule has 0 aliphatic carbocycles. The number of rotatable bonds is 10. The molecule has 0 aliphatic heterocycles. The van der Waals surface area contributed by atoms with E-state index in [9.17, 15) is 4.79 Å². The van der Waals surface area contributed by atoms with Crippen molar-refractivity contribution in [1.29, 1.82) is 0 Å². The molecule has 0 radical (unpaired) electrons. The van der Waals surface area contributed by atoms with Crippen molar-refractivity contribution in [2.75, 3.05) is 19.7 Å². The summed E-state index contributed by atoms with van der Waals surface area (Å²) in [4.78, 5) is 11.7. The van der Waals surface area contributed by atoms with Crippen LogP contribution in [0, 0.1) is 11.8 Å². The first kappa shape index (κ1) is 17.4. The Balaban J connectivity index is 3.80. The summed E-state index contributed by atoms with van der Waals surface area (Å²) in [6.07, 6.45) is 2.59. The minimum Gasteiger partial charge on any atom is -0.377 e. The average Bonchev–Trinajstić information content (AvgIpc) is 2.31. The second-order valence-electron chi connectivity index (χ2n) is 5.19. The van der Waals surface area contributed by atoms with Gasteiger partial charge in [-0.2, -0.15) is 0 Å². The van der Waals surface area contributed by atoms with Crippen molar-refractivity contribution in [2.45, 2.75) is 53.1 Å². The molecule has 0 fully saturated rings. The number of nitrogens with one attached hydrogen (secondary N) is 1. The van der Waals surface area contributed by atoms with E-state index in [1.54, 1.807) is 0 Å². The van der Waals surface area contributed by atoms with Gasteiger partial charge in [-0.15, -0.1) is 0 Å². The van der Waals surface area contributed by atoms with Crippen molar-refractivity contribution in [1.82, 2.24) is 5.32 Å². The molecule has 4 heteroatoms. The zero-order valence-electron chi connectivity index (χ0n) is 12.4. The molecule has 0 aliphatic rings. The van der Waals surface area contributed by atoms with Crippen LogP contribution < -0.4 is 11.1 Å². The number of amides is 1. The SMILES string of the molecule is CCOC(C)CNC(=O)CCC(CCN)C(C)C. The molecule has 3 N–H and O–H groups in total. The van der Waals surface area contributed by atoms with Gasteiger partial charge in [0, 0.05) is 19.6 Å². The van der Waals surface area contributed by atoms with Crippen molar-refractivity contribution >= 4 is 5.91 Å². The lowest BCUT2D eigenvalue weighted by Gasteiger charge is -2.20. The minimum absolute atomic E-state index is 0.0869. The lowest BCUT2D eigenvalue weighted by Crippen LogP contribution is -2.32. The highest BCUT2D eigenvalue weighted by atomic mass is 16.5. The van der Waals surface area contributed by atoms with Gasteiger partial charge in [-0.25, -0.2) is 0 Å². The number of carbonyl (C=O) groups is 1. The first-order chi connectivity index (χ1) is 8.51. The maximum Gasteiger partial charge on any atom is 0.220 e. The highest BCUT2D eigenvalue weighted by Crippen LogP contribution is 2.20. The zero-order valence-corrected chi connectivity index (χ0v) is 12.4. The van der Waals surface area contributed by atoms with Gasteiger partial charge in [0.15, 0.2) is 0 Å². The van der Waals surface area contributed by atoms with E-state index in [0.717, 1.165) is 12.8 Å². The number of nitrogens with two attached hydrogens (primary N) is 1. The molecule has 2 unspecified atom stereocenters. The standard InChI is InChI=1S/C14H30N2O2/c1-5-18-12(4)10-16-14(17)7-6-13(8-9-15)11(2)3/h11-13H,5-10,15H2,1-4H3,(H,16,17). The van der Waals surface area contributed by atoms with Crippen molar-refractivity contribution in [3.63, 3.8) is 0 Å². The van der Waals surface area contributed by atoms with Crippen LogP contribution in [0.2, 0.25) is 0 Å². The van der Waals surface area contributed by atoms with Crippen molar-refractivity contribution < 1.29 is 9.53 Å². The molecular weight excluding hydrogens is 228 g/mol. The van der Waals surface area contributed by atoms with Gasteiger partial charge in [0.1, 0.15) is 0 Å². The second kappa shape index (κ2) is 10.3. The van der Waals surface area contributed by atoms with E-state index < -0.39 is 0 Å². The number of ether oxygens (including phenoxy) is 1. The Hall–Kier alpha value is -0.610. The molecule has 0 bridgehead atoms. The summed E-state index contributed by atoms with van der Waals surface area (Å²) in [6.45, 7) is 10.3. The number of hydrogen-bond acceptors (Lipinski definition) is 3. The first-order valence-corrected chi connectivity index (χ1v) is 7.09. The summed E-state index contributed by atoms with van der Waals surface area (Å²) in [5, 5.41) is 2.91. The molecule has 0 aromatic carbocycles. The molecule has 18 heavy (non-hydrogen) atoms. The third-order valence-corrected chi connectivity index (χ3v) is 3.26. The maximum absolute atomic E-state index is 11.7. The number of hydrogen-bond donors (Lipinski definition) is 2. The summed E-state index contributed by atoms with van der Waals surface area (Å²) in [7, 11) is 0. The highest BCUT2D eigenvalue weighted by Gasteiger charge is 2.14. The summed E-state index contributed by atoms with van der Waals surface area (Å²) < 4.78 is 5.36. The van der Waals surface area contributed by atoms with Crippen LogP contribution in [0.4, 0.5) is 0 Å². The molecule has 0 saturated carbocycles. The Labute approximate surface area is 112 Å². The molecule has 0 saturated heterocycles. The van der Waals surface area contributed by atoms with Gasteiger partial charge in [0.2, 0.25) is 5.91 Å². The van der Waals surface area contributed by atoms with Crippen molar-refractivity contribution in [2.24, 2.45) is 17.6 Å². The van der Waals surface area contributed by atoms with Crippen LogP contribution in [0.1, 0.15) is 47.0 Å². The average molecular weight is 258 g/mol. The Morgan fingerprint density at radius 2 is 1.94 bits per heavy atom. The summed E-state index contributed by atoms with van der Waals surface area (Å²) in [5.74, 6) is 1.25. The fraction of sp³-hybridized carbons (Fsp3) is 0.929.